The maximum atomic E-state index is 10.9. The lowest BCUT2D eigenvalue weighted by molar-refractivity contribution is -0.138. The molecule has 1 heterocycles. The van der Waals surface area contributed by atoms with Gasteiger partial charge in [-0.1, -0.05) is 0 Å². The van der Waals surface area contributed by atoms with Crippen LogP contribution in [0.3, 0.4) is 0 Å². The predicted molar refractivity (Wildman–Crippen MR) is 35.0 cm³/mol. The van der Waals surface area contributed by atoms with Crippen LogP contribution in [0.15, 0.2) is 0 Å². The van der Waals surface area contributed by atoms with Crippen molar-refractivity contribution in [1.29, 1.82) is 0 Å². The van der Waals surface area contributed by atoms with E-state index in [1.54, 1.807) is 6.92 Å². The van der Waals surface area contributed by atoms with Crippen LogP contribution < -0.4 is 5.73 Å². The summed E-state index contributed by atoms with van der Waals surface area (Å²) in [6, 6.07) is -0.590. The normalized spacial score (nSPS) is 26.2. The van der Waals surface area contributed by atoms with Crippen LogP contribution >= 0.6 is 0 Å². The fraction of sp³-hybridized carbons (Fsp3) is 0.667. The van der Waals surface area contributed by atoms with Gasteiger partial charge in [-0.15, -0.1) is 0 Å². The molecular formula is C6H10N2O2. The molecule has 0 aliphatic carbocycles. The topological polar surface area (TPSA) is 63.4 Å². The minimum absolute atomic E-state index is 0.153. The van der Waals surface area contributed by atoms with Crippen LogP contribution in [0.2, 0.25) is 0 Å². The van der Waals surface area contributed by atoms with Crippen LogP contribution in [0.25, 0.3) is 0 Å². The standard InChI is InChI=1S/C6H10N2O2/c1-2-8-5(9)3-4(7)6(8)10/h4H,2-3,7H2,1H3. The van der Waals surface area contributed by atoms with Crippen molar-refractivity contribution < 1.29 is 9.59 Å². The molecule has 4 heteroatoms. The highest BCUT2D eigenvalue weighted by Gasteiger charge is 2.34. The van der Waals surface area contributed by atoms with Crippen molar-refractivity contribution in [3.63, 3.8) is 0 Å². The van der Waals surface area contributed by atoms with Crippen LogP contribution in [0.1, 0.15) is 13.3 Å². The maximum absolute atomic E-state index is 10.9. The summed E-state index contributed by atoms with van der Waals surface area (Å²) in [5, 5.41) is 0. The number of hydrogen-bond donors (Lipinski definition) is 1. The maximum Gasteiger partial charge on any atom is 0.246 e. The van der Waals surface area contributed by atoms with Gasteiger partial charge in [-0.2, -0.15) is 0 Å². The van der Waals surface area contributed by atoms with Gasteiger partial charge in [0, 0.05) is 6.54 Å². The Morgan fingerprint density at radius 3 is 2.50 bits per heavy atom. The van der Waals surface area contributed by atoms with Gasteiger partial charge in [0.1, 0.15) is 0 Å². The van der Waals surface area contributed by atoms with Crippen molar-refractivity contribution in [2.45, 2.75) is 19.4 Å². The Labute approximate surface area is 59.0 Å². The van der Waals surface area contributed by atoms with Crippen molar-refractivity contribution in [3.05, 3.63) is 0 Å². The van der Waals surface area contributed by atoms with E-state index in [4.69, 9.17) is 5.73 Å². The van der Waals surface area contributed by atoms with Crippen LogP contribution in [0.4, 0.5) is 0 Å². The summed E-state index contributed by atoms with van der Waals surface area (Å²) in [4.78, 5) is 23.0. The third kappa shape index (κ3) is 0.903. The molecule has 0 aromatic heterocycles. The molecule has 1 aliphatic rings. The Bertz CT molecular complexity index is 179. The lowest BCUT2D eigenvalue weighted by atomic mass is 10.3. The van der Waals surface area contributed by atoms with E-state index in [2.05, 4.69) is 0 Å². The van der Waals surface area contributed by atoms with Gasteiger partial charge in [-0.25, -0.2) is 0 Å². The molecule has 0 saturated carbocycles. The largest absolute Gasteiger partial charge is 0.319 e. The molecule has 0 bridgehead atoms. The summed E-state index contributed by atoms with van der Waals surface area (Å²) in [6.07, 6.45) is 0.173. The highest BCUT2D eigenvalue weighted by atomic mass is 16.2. The molecule has 1 rings (SSSR count). The fourth-order valence-corrected chi connectivity index (χ4v) is 1.04. The highest BCUT2D eigenvalue weighted by Crippen LogP contribution is 2.09. The van der Waals surface area contributed by atoms with Gasteiger partial charge >= 0.3 is 0 Å². The first-order chi connectivity index (χ1) is 4.66. The first-order valence-corrected chi connectivity index (χ1v) is 3.26. The molecule has 56 valence electrons. The molecule has 2 N–H and O–H groups in total. The van der Waals surface area contributed by atoms with E-state index in [9.17, 15) is 9.59 Å². The third-order valence-electron chi connectivity index (χ3n) is 1.60. The SMILES string of the molecule is CCN1C(=O)CC(N)C1=O. The number of nitrogens with two attached hydrogens (primary N) is 1. The van der Waals surface area contributed by atoms with Crippen molar-refractivity contribution in [1.82, 2.24) is 4.90 Å². The van der Waals surface area contributed by atoms with Gasteiger partial charge in [0.05, 0.1) is 12.5 Å². The first kappa shape index (κ1) is 7.21. The van der Waals surface area contributed by atoms with E-state index in [1.165, 1.54) is 4.90 Å². The Morgan fingerprint density at radius 2 is 2.30 bits per heavy atom. The molecule has 1 aliphatic heterocycles. The lowest BCUT2D eigenvalue weighted by Gasteiger charge is -2.09. The van der Waals surface area contributed by atoms with Gasteiger partial charge < -0.3 is 5.73 Å². The quantitative estimate of drug-likeness (QED) is 0.482. The summed E-state index contributed by atoms with van der Waals surface area (Å²) in [6.45, 7) is 2.19. The zero-order chi connectivity index (χ0) is 7.72. The number of nitrogens with zero attached hydrogens (tertiary/aromatic N) is 1. The molecule has 1 saturated heterocycles. The zero-order valence-electron chi connectivity index (χ0n) is 5.83. The monoisotopic (exact) mass is 142 g/mol. The summed E-state index contributed by atoms with van der Waals surface area (Å²) < 4.78 is 0. The molecule has 10 heavy (non-hydrogen) atoms. The third-order valence-corrected chi connectivity index (χ3v) is 1.60. The van der Waals surface area contributed by atoms with E-state index in [0.29, 0.717) is 6.54 Å². The summed E-state index contributed by atoms with van der Waals surface area (Å²) in [5.74, 6) is -0.396. The summed E-state index contributed by atoms with van der Waals surface area (Å²) in [7, 11) is 0. The molecule has 1 atom stereocenters. The van der Waals surface area contributed by atoms with Gasteiger partial charge in [-0.05, 0) is 6.92 Å². The van der Waals surface area contributed by atoms with Crippen LogP contribution in [-0.2, 0) is 9.59 Å². The number of amides is 2. The van der Waals surface area contributed by atoms with E-state index in [1.807, 2.05) is 0 Å². The van der Waals surface area contributed by atoms with Crippen LogP contribution in [-0.4, -0.2) is 29.3 Å². The molecule has 4 nitrogen and oxygen atoms in total. The van der Waals surface area contributed by atoms with Gasteiger partial charge in [0.25, 0.3) is 0 Å². The minimum atomic E-state index is -0.590. The van der Waals surface area contributed by atoms with E-state index >= 15 is 0 Å². The Balaban J connectivity index is 2.74. The second-order valence-electron chi connectivity index (χ2n) is 2.29. The smallest absolute Gasteiger partial charge is 0.246 e. The Kier molecular flexibility index (Phi) is 1.72. The van der Waals surface area contributed by atoms with E-state index in [-0.39, 0.29) is 18.2 Å². The predicted octanol–water partition coefficient (Wildman–Crippen LogP) is -0.908. The molecule has 1 fully saturated rings. The van der Waals surface area contributed by atoms with Crippen molar-refractivity contribution in [2.24, 2.45) is 5.73 Å². The number of likely N-dealkylation sites (N-methyl/N-ethyl adjacent to an activating group) is 1. The number of carbonyl (C=O) groups is 2. The minimum Gasteiger partial charge on any atom is -0.319 e. The van der Waals surface area contributed by atoms with Crippen LogP contribution in [0, 0.1) is 0 Å². The molecule has 0 spiro atoms. The molecule has 0 aromatic carbocycles. The number of imide groups is 1. The highest BCUT2D eigenvalue weighted by molar-refractivity contribution is 6.05. The second-order valence-corrected chi connectivity index (χ2v) is 2.29. The summed E-state index contributed by atoms with van der Waals surface area (Å²) in [5.41, 5.74) is 5.32. The van der Waals surface area contributed by atoms with Gasteiger partial charge in [-0.3, -0.25) is 14.5 Å². The number of rotatable bonds is 1. The lowest BCUT2D eigenvalue weighted by Crippen LogP contribution is -2.34. The Morgan fingerprint density at radius 1 is 1.70 bits per heavy atom. The van der Waals surface area contributed by atoms with Crippen molar-refractivity contribution in [2.75, 3.05) is 6.54 Å². The van der Waals surface area contributed by atoms with E-state index in [0.717, 1.165) is 0 Å². The summed E-state index contributed by atoms with van der Waals surface area (Å²) >= 11 is 0. The number of likely N-dealkylation sites (tertiary alicyclic amines) is 1. The van der Waals surface area contributed by atoms with Crippen molar-refractivity contribution >= 4 is 11.8 Å². The Hall–Kier alpha value is -0.900. The molecular weight excluding hydrogens is 132 g/mol. The average Bonchev–Trinajstić information content (AvgIpc) is 2.09. The molecule has 1 unspecified atom stereocenters. The first-order valence-electron chi connectivity index (χ1n) is 3.26. The average molecular weight is 142 g/mol. The number of hydrogen-bond acceptors (Lipinski definition) is 3. The second kappa shape index (κ2) is 2.38. The molecule has 0 radical (unpaired) electrons. The van der Waals surface area contributed by atoms with Crippen LogP contribution in [0.5, 0.6) is 0 Å². The zero-order valence-corrected chi connectivity index (χ0v) is 5.83. The molecule has 0 aromatic rings. The van der Waals surface area contributed by atoms with Gasteiger partial charge in [0.15, 0.2) is 0 Å². The molecule has 2 amide bonds. The number of carbonyl (C=O) groups excluding carboxylic acids is 2. The van der Waals surface area contributed by atoms with Crippen molar-refractivity contribution in [3.8, 4) is 0 Å². The van der Waals surface area contributed by atoms with E-state index < -0.39 is 6.04 Å². The van der Waals surface area contributed by atoms with Gasteiger partial charge in [0.2, 0.25) is 11.8 Å². The fourth-order valence-electron chi connectivity index (χ4n) is 1.04.